The molecule has 0 atom stereocenters. The normalized spacial score (nSPS) is 14.6. The molecule has 3 aromatic heterocycles. The molecular formula is C22H23ClFN7O3S2. The number of thiophene rings is 1. The van der Waals surface area contributed by atoms with Gasteiger partial charge in [-0.1, -0.05) is 0 Å². The zero-order chi connectivity index (χ0) is 24.6. The number of hydrogen-bond acceptors (Lipinski definition) is 7. The molecule has 1 aliphatic heterocycles. The molecule has 1 saturated heterocycles. The van der Waals surface area contributed by atoms with Crippen LogP contribution in [0.1, 0.15) is 23.3 Å². The van der Waals surface area contributed by atoms with Crippen molar-refractivity contribution >= 4 is 56.9 Å². The fraction of sp³-hybridized carbons (Fsp3) is 0.227. The number of carbonyl (C=O) groups excluding carboxylic acids is 1. The van der Waals surface area contributed by atoms with Crippen LogP contribution in [0.4, 0.5) is 15.8 Å². The minimum absolute atomic E-state index is 0. The molecule has 0 radical (unpaired) electrons. The molecule has 4 aromatic rings. The van der Waals surface area contributed by atoms with Crippen molar-refractivity contribution in [3.8, 4) is 11.3 Å². The van der Waals surface area contributed by atoms with E-state index in [-0.39, 0.29) is 24.1 Å². The fourth-order valence-corrected chi connectivity index (χ4v) is 5.52. The third-order valence-corrected chi connectivity index (χ3v) is 7.12. The van der Waals surface area contributed by atoms with Gasteiger partial charge in [-0.25, -0.2) is 19.5 Å². The molecule has 0 unspecified atom stereocenters. The Hall–Kier alpha value is -3.10. The number of nitrogens with zero attached hydrogens (tertiary/aromatic N) is 4. The first-order valence-electron chi connectivity index (χ1n) is 10.8. The van der Waals surface area contributed by atoms with Gasteiger partial charge in [-0.15, -0.1) is 12.4 Å². The number of carbonyl (C=O) groups is 1. The largest absolute Gasteiger partial charge is 0.370 e. The molecule has 14 heteroatoms. The molecule has 1 aromatic carbocycles. The predicted molar refractivity (Wildman–Crippen MR) is 139 cm³/mol. The van der Waals surface area contributed by atoms with E-state index in [0.29, 0.717) is 48.6 Å². The molecule has 4 heterocycles. The minimum Gasteiger partial charge on any atom is -0.370 e. The van der Waals surface area contributed by atoms with Gasteiger partial charge in [-0.05, 0) is 42.5 Å². The van der Waals surface area contributed by atoms with Crippen molar-refractivity contribution in [2.75, 3.05) is 23.3 Å². The number of aromatic nitrogens is 3. The molecular weight excluding hydrogens is 529 g/mol. The van der Waals surface area contributed by atoms with Crippen molar-refractivity contribution in [2.24, 2.45) is 5.14 Å². The third kappa shape index (κ3) is 5.65. The number of nitrogens with two attached hydrogens (primary N) is 1. The van der Waals surface area contributed by atoms with E-state index in [2.05, 4.69) is 20.0 Å². The summed E-state index contributed by atoms with van der Waals surface area (Å²) in [6.45, 7) is 1.01. The van der Waals surface area contributed by atoms with Crippen LogP contribution in [-0.4, -0.2) is 47.8 Å². The number of anilines is 2. The summed E-state index contributed by atoms with van der Waals surface area (Å²) in [5.41, 5.74) is 3.15. The molecule has 0 bridgehead atoms. The van der Waals surface area contributed by atoms with E-state index in [4.69, 9.17) is 5.14 Å². The number of benzene rings is 1. The van der Waals surface area contributed by atoms with Gasteiger partial charge in [-0.2, -0.15) is 24.5 Å². The average Bonchev–Trinajstić information content (AvgIpc) is 3.50. The van der Waals surface area contributed by atoms with Crippen molar-refractivity contribution in [3.63, 3.8) is 0 Å². The summed E-state index contributed by atoms with van der Waals surface area (Å²) in [6.07, 6.45) is 5.98. The van der Waals surface area contributed by atoms with Crippen LogP contribution >= 0.6 is 23.7 Å². The maximum absolute atomic E-state index is 14.1. The van der Waals surface area contributed by atoms with Crippen LogP contribution in [0.25, 0.3) is 16.9 Å². The summed E-state index contributed by atoms with van der Waals surface area (Å²) in [4.78, 5) is 24.1. The third-order valence-electron chi connectivity index (χ3n) is 5.77. The quantitative estimate of drug-likeness (QED) is 0.337. The van der Waals surface area contributed by atoms with E-state index >= 15 is 0 Å². The van der Waals surface area contributed by atoms with Crippen molar-refractivity contribution in [2.45, 2.75) is 18.9 Å². The van der Waals surface area contributed by atoms with Gasteiger partial charge in [-0.3, -0.25) is 4.79 Å². The van der Waals surface area contributed by atoms with Gasteiger partial charge in [0.15, 0.2) is 5.65 Å². The van der Waals surface area contributed by atoms with Gasteiger partial charge < -0.3 is 14.6 Å². The number of imidazole rings is 1. The SMILES string of the molecule is Cl.NS(=O)(=O)NC1CCN(c2ccc(F)cc2NC(=O)c2cn3ccnc3c(-c3ccsc3)n2)CC1. The van der Waals surface area contributed by atoms with Crippen LogP contribution in [0.5, 0.6) is 0 Å². The van der Waals surface area contributed by atoms with E-state index in [1.54, 1.807) is 29.1 Å². The Morgan fingerprint density at radius 3 is 2.69 bits per heavy atom. The molecule has 5 rings (SSSR count). The van der Waals surface area contributed by atoms with Crippen LogP contribution in [0.3, 0.4) is 0 Å². The van der Waals surface area contributed by atoms with Crippen LogP contribution < -0.4 is 20.1 Å². The van der Waals surface area contributed by atoms with Crippen molar-refractivity contribution in [3.05, 3.63) is 65.1 Å². The van der Waals surface area contributed by atoms with Crippen molar-refractivity contribution in [1.82, 2.24) is 19.1 Å². The molecule has 1 aliphatic rings. The lowest BCUT2D eigenvalue weighted by Gasteiger charge is -2.34. The van der Waals surface area contributed by atoms with E-state index in [1.165, 1.54) is 23.5 Å². The monoisotopic (exact) mass is 551 g/mol. The Balaban J connectivity index is 0.00000304. The molecule has 36 heavy (non-hydrogen) atoms. The second kappa shape index (κ2) is 10.5. The predicted octanol–water partition coefficient (Wildman–Crippen LogP) is 3.03. The number of piperidine rings is 1. The highest BCUT2D eigenvalue weighted by atomic mass is 35.5. The lowest BCUT2D eigenvalue weighted by Crippen LogP contribution is -2.46. The molecule has 10 nitrogen and oxygen atoms in total. The highest BCUT2D eigenvalue weighted by Crippen LogP contribution is 2.30. The van der Waals surface area contributed by atoms with Crippen LogP contribution in [0.15, 0.2) is 53.6 Å². The van der Waals surface area contributed by atoms with Crippen molar-refractivity contribution < 1.29 is 17.6 Å². The van der Waals surface area contributed by atoms with Crippen LogP contribution in [-0.2, 0) is 10.2 Å². The highest BCUT2D eigenvalue weighted by molar-refractivity contribution is 7.87. The molecule has 190 valence electrons. The zero-order valence-electron chi connectivity index (χ0n) is 18.8. The fourth-order valence-electron chi connectivity index (χ4n) is 4.17. The first kappa shape index (κ1) is 26.0. The molecule has 4 N–H and O–H groups in total. The standard InChI is InChI=1S/C22H22FN7O3S2.ClH/c23-15-1-2-19(29-7-3-16(4-8-29)28-35(24,32)33)17(11-15)27-22(31)18-12-30-9-6-25-21(30)20(26-18)14-5-10-34-13-14;/h1-2,5-6,9-13,16,28H,3-4,7-8H2,(H,27,31)(H2,24,32,33);1H. The summed E-state index contributed by atoms with van der Waals surface area (Å²) in [6, 6.07) is 5.81. The van der Waals surface area contributed by atoms with E-state index in [0.717, 1.165) is 5.56 Å². The summed E-state index contributed by atoms with van der Waals surface area (Å²) in [5, 5.41) is 11.7. The van der Waals surface area contributed by atoms with Crippen molar-refractivity contribution in [1.29, 1.82) is 0 Å². The van der Waals surface area contributed by atoms with E-state index < -0.39 is 21.9 Å². The molecule has 0 aliphatic carbocycles. The number of nitrogens with one attached hydrogen (secondary N) is 2. The highest BCUT2D eigenvalue weighted by Gasteiger charge is 2.24. The maximum Gasteiger partial charge on any atom is 0.275 e. The first-order chi connectivity index (χ1) is 16.8. The van der Waals surface area contributed by atoms with E-state index in [9.17, 15) is 17.6 Å². The zero-order valence-corrected chi connectivity index (χ0v) is 21.2. The van der Waals surface area contributed by atoms with Crippen LogP contribution in [0, 0.1) is 5.82 Å². The van der Waals surface area contributed by atoms with Gasteiger partial charge >= 0.3 is 0 Å². The topological polar surface area (TPSA) is 135 Å². The van der Waals surface area contributed by atoms with E-state index in [1.807, 2.05) is 21.7 Å². The number of amides is 1. The van der Waals surface area contributed by atoms with Crippen LogP contribution in [0.2, 0.25) is 0 Å². The number of halogens is 2. The van der Waals surface area contributed by atoms with Gasteiger partial charge in [0.05, 0.1) is 11.4 Å². The molecule has 0 saturated carbocycles. The Labute approximate surface area is 217 Å². The Kier molecular flexibility index (Phi) is 7.57. The Bertz CT molecular complexity index is 1490. The van der Waals surface area contributed by atoms with Gasteiger partial charge in [0.2, 0.25) is 0 Å². The average molecular weight is 552 g/mol. The minimum atomic E-state index is -3.79. The molecule has 0 spiro atoms. The summed E-state index contributed by atoms with van der Waals surface area (Å²) in [5.74, 6) is -0.985. The number of rotatable bonds is 6. The summed E-state index contributed by atoms with van der Waals surface area (Å²) < 4.78 is 40.9. The van der Waals surface area contributed by atoms with Gasteiger partial charge in [0.25, 0.3) is 16.1 Å². The smallest absolute Gasteiger partial charge is 0.275 e. The first-order valence-corrected chi connectivity index (χ1v) is 13.3. The Morgan fingerprint density at radius 2 is 2.00 bits per heavy atom. The lowest BCUT2D eigenvalue weighted by atomic mass is 10.0. The molecule has 1 amide bonds. The summed E-state index contributed by atoms with van der Waals surface area (Å²) in [7, 11) is -3.79. The van der Waals surface area contributed by atoms with Gasteiger partial charge in [0.1, 0.15) is 17.2 Å². The second-order valence-electron chi connectivity index (χ2n) is 8.18. The maximum atomic E-state index is 14.1. The number of hydrogen-bond donors (Lipinski definition) is 3. The van der Waals surface area contributed by atoms with Gasteiger partial charge in [0, 0.05) is 48.7 Å². The lowest BCUT2D eigenvalue weighted by molar-refractivity contribution is 0.102. The summed E-state index contributed by atoms with van der Waals surface area (Å²) >= 11 is 1.52. The molecule has 1 fully saturated rings. The number of fused-ring (bicyclic) bond motifs is 1. The Morgan fingerprint density at radius 1 is 1.22 bits per heavy atom. The second-order valence-corrected chi connectivity index (χ2v) is 10.3.